The van der Waals surface area contributed by atoms with Gasteiger partial charge >= 0.3 is 0 Å². The van der Waals surface area contributed by atoms with E-state index in [1.54, 1.807) is 16.4 Å². The van der Waals surface area contributed by atoms with Gasteiger partial charge in [-0.2, -0.15) is 4.31 Å². The lowest BCUT2D eigenvalue weighted by Gasteiger charge is -2.20. The minimum Gasteiger partial charge on any atom is -0.330 e. The van der Waals surface area contributed by atoms with Crippen LogP contribution in [0.4, 0.5) is 0 Å². The van der Waals surface area contributed by atoms with Gasteiger partial charge in [0.1, 0.15) is 0 Å². The second-order valence-corrected chi connectivity index (χ2v) is 8.47. The van der Waals surface area contributed by atoms with E-state index in [0.717, 1.165) is 12.0 Å². The minimum absolute atomic E-state index is 0.0284. The van der Waals surface area contributed by atoms with Crippen LogP contribution in [0.15, 0.2) is 29.2 Å². The number of sulfonamides is 1. The molecule has 1 aromatic carbocycles. The third-order valence-electron chi connectivity index (χ3n) is 3.94. The molecule has 1 aromatic rings. The Balaban J connectivity index is 2.23. The highest BCUT2D eigenvalue weighted by Crippen LogP contribution is 2.27. The van der Waals surface area contributed by atoms with Crippen LogP contribution in [0.25, 0.3) is 0 Å². The topological polar surface area (TPSA) is 63.4 Å². The van der Waals surface area contributed by atoms with Crippen molar-refractivity contribution < 1.29 is 8.42 Å². The van der Waals surface area contributed by atoms with E-state index < -0.39 is 10.0 Å². The van der Waals surface area contributed by atoms with Crippen molar-refractivity contribution >= 4 is 10.0 Å². The smallest absolute Gasteiger partial charge is 0.243 e. The zero-order valence-electron chi connectivity index (χ0n) is 12.5. The summed E-state index contributed by atoms with van der Waals surface area (Å²) >= 11 is 0. The zero-order valence-corrected chi connectivity index (χ0v) is 13.3. The van der Waals surface area contributed by atoms with Gasteiger partial charge in [0, 0.05) is 13.1 Å². The Bertz CT molecular complexity index is 559. The summed E-state index contributed by atoms with van der Waals surface area (Å²) in [6, 6.07) is 7.24. The van der Waals surface area contributed by atoms with Gasteiger partial charge in [-0.25, -0.2) is 8.42 Å². The fourth-order valence-electron chi connectivity index (χ4n) is 2.48. The maximum atomic E-state index is 12.5. The Morgan fingerprint density at radius 3 is 2.30 bits per heavy atom. The summed E-state index contributed by atoms with van der Waals surface area (Å²) in [4.78, 5) is 0.378. The van der Waals surface area contributed by atoms with Crippen LogP contribution in [0.2, 0.25) is 0 Å². The first-order chi connectivity index (χ1) is 9.25. The predicted molar refractivity (Wildman–Crippen MR) is 81.1 cm³/mol. The molecule has 4 nitrogen and oxygen atoms in total. The molecular weight excluding hydrogens is 272 g/mol. The van der Waals surface area contributed by atoms with Crippen LogP contribution in [0.1, 0.15) is 32.8 Å². The van der Waals surface area contributed by atoms with Crippen LogP contribution in [-0.4, -0.2) is 32.4 Å². The van der Waals surface area contributed by atoms with E-state index in [1.165, 1.54) is 0 Å². The fourth-order valence-corrected chi connectivity index (χ4v) is 4.01. The molecule has 2 N–H and O–H groups in total. The minimum atomic E-state index is -3.37. The molecule has 1 fully saturated rings. The van der Waals surface area contributed by atoms with Gasteiger partial charge in [-0.15, -0.1) is 0 Å². The molecule has 0 amide bonds. The lowest BCUT2D eigenvalue weighted by molar-refractivity contribution is 0.459. The molecule has 1 aliphatic rings. The van der Waals surface area contributed by atoms with E-state index in [9.17, 15) is 8.42 Å². The third-order valence-corrected chi connectivity index (χ3v) is 5.82. The van der Waals surface area contributed by atoms with Crippen molar-refractivity contribution in [3.8, 4) is 0 Å². The second kappa shape index (κ2) is 5.47. The van der Waals surface area contributed by atoms with Gasteiger partial charge in [0.25, 0.3) is 0 Å². The number of rotatable bonds is 3. The van der Waals surface area contributed by atoms with Crippen molar-refractivity contribution in [3.05, 3.63) is 29.8 Å². The number of nitrogens with two attached hydrogens (primary N) is 1. The largest absolute Gasteiger partial charge is 0.330 e. The molecule has 0 bridgehead atoms. The molecule has 20 heavy (non-hydrogen) atoms. The van der Waals surface area contributed by atoms with Gasteiger partial charge in [0.2, 0.25) is 10.0 Å². The molecule has 1 atom stereocenters. The van der Waals surface area contributed by atoms with Gasteiger partial charge < -0.3 is 5.73 Å². The normalized spacial score (nSPS) is 21.3. The molecule has 0 radical (unpaired) electrons. The first-order valence-electron chi connectivity index (χ1n) is 7.06. The monoisotopic (exact) mass is 296 g/mol. The molecule has 0 saturated carbocycles. The average Bonchev–Trinajstić information content (AvgIpc) is 2.87. The summed E-state index contributed by atoms with van der Waals surface area (Å²) in [7, 11) is -3.37. The first kappa shape index (κ1) is 15.5. The van der Waals surface area contributed by atoms with Gasteiger partial charge in [-0.1, -0.05) is 32.9 Å². The SMILES string of the molecule is CC(C)(C)c1ccc(S(=O)(=O)N2CCC(CN)C2)cc1. The molecule has 0 aromatic heterocycles. The van der Waals surface area contributed by atoms with Crippen molar-refractivity contribution in [3.63, 3.8) is 0 Å². The van der Waals surface area contributed by atoms with E-state index in [2.05, 4.69) is 20.8 Å². The molecular formula is C15H24N2O2S. The standard InChI is InChI=1S/C15H24N2O2S/c1-15(2,3)13-4-6-14(7-5-13)20(18,19)17-9-8-12(10-16)11-17/h4-7,12H,8-11,16H2,1-3H3. The van der Waals surface area contributed by atoms with Crippen LogP contribution in [0.3, 0.4) is 0 Å². The summed E-state index contributed by atoms with van der Waals surface area (Å²) in [5, 5.41) is 0. The summed E-state index contributed by atoms with van der Waals surface area (Å²) in [6.07, 6.45) is 0.857. The summed E-state index contributed by atoms with van der Waals surface area (Å²) in [5.41, 5.74) is 6.79. The molecule has 1 heterocycles. The number of nitrogens with zero attached hydrogens (tertiary/aromatic N) is 1. The van der Waals surface area contributed by atoms with Gasteiger partial charge in [0.05, 0.1) is 4.90 Å². The van der Waals surface area contributed by atoms with Gasteiger partial charge in [0.15, 0.2) is 0 Å². The summed E-state index contributed by atoms with van der Waals surface area (Å²) < 4.78 is 26.6. The van der Waals surface area contributed by atoms with E-state index in [0.29, 0.717) is 30.4 Å². The quantitative estimate of drug-likeness (QED) is 0.927. The van der Waals surface area contributed by atoms with Crippen LogP contribution >= 0.6 is 0 Å². The maximum absolute atomic E-state index is 12.5. The summed E-state index contributed by atoms with van der Waals surface area (Å²) in [5.74, 6) is 0.290. The molecule has 0 spiro atoms. The Morgan fingerprint density at radius 1 is 1.25 bits per heavy atom. The van der Waals surface area contributed by atoms with E-state index in [1.807, 2.05) is 12.1 Å². The number of benzene rings is 1. The molecule has 2 rings (SSSR count). The van der Waals surface area contributed by atoms with Crippen LogP contribution in [0.5, 0.6) is 0 Å². The lowest BCUT2D eigenvalue weighted by atomic mass is 9.87. The number of hydrogen-bond acceptors (Lipinski definition) is 3. The molecule has 0 aliphatic carbocycles. The average molecular weight is 296 g/mol. The van der Waals surface area contributed by atoms with Crippen molar-refractivity contribution in [1.82, 2.24) is 4.31 Å². The molecule has 1 unspecified atom stereocenters. The Kier molecular flexibility index (Phi) is 4.23. The zero-order chi connectivity index (χ0) is 15.0. The first-order valence-corrected chi connectivity index (χ1v) is 8.50. The molecule has 5 heteroatoms. The van der Waals surface area contributed by atoms with E-state index in [-0.39, 0.29) is 5.41 Å². The van der Waals surface area contributed by atoms with Crippen molar-refractivity contribution in [1.29, 1.82) is 0 Å². The lowest BCUT2D eigenvalue weighted by Crippen LogP contribution is -2.30. The molecule has 1 saturated heterocycles. The van der Waals surface area contributed by atoms with Crippen LogP contribution < -0.4 is 5.73 Å². The molecule has 1 aliphatic heterocycles. The van der Waals surface area contributed by atoms with Crippen LogP contribution in [0, 0.1) is 5.92 Å². The Hall–Kier alpha value is -0.910. The summed E-state index contributed by atoms with van der Waals surface area (Å²) in [6.45, 7) is 8.01. The highest BCUT2D eigenvalue weighted by Gasteiger charge is 2.31. The van der Waals surface area contributed by atoms with E-state index >= 15 is 0 Å². The van der Waals surface area contributed by atoms with Crippen molar-refractivity contribution in [2.45, 2.75) is 37.5 Å². The maximum Gasteiger partial charge on any atom is 0.243 e. The predicted octanol–water partition coefficient (Wildman–Crippen LogP) is 1.95. The van der Waals surface area contributed by atoms with Crippen molar-refractivity contribution in [2.24, 2.45) is 11.7 Å². The second-order valence-electron chi connectivity index (χ2n) is 6.53. The Morgan fingerprint density at radius 2 is 1.85 bits per heavy atom. The van der Waals surface area contributed by atoms with Gasteiger partial charge in [-0.3, -0.25) is 0 Å². The highest BCUT2D eigenvalue weighted by molar-refractivity contribution is 7.89. The molecule has 112 valence electrons. The van der Waals surface area contributed by atoms with E-state index in [4.69, 9.17) is 5.73 Å². The Labute approximate surface area is 122 Å². The van der Waals surface area contributed by atoms with Gasteiger partial charge in [-0.05, 0) is 42.0 Å². The number of hydrogen-bond donors (Lipinski definition) is 1. The fraction of sp³-hybridized carbons (Fsp3) is 0.600. The highest BCUT2D eigenvalue weighted by atomic mass is 32.2. The van der Waals surface area contributed by atoms with Crippen molar-refractivity contribution in [2.75, 3.05) is 19.6 Å². The third kappa shape index (κ3) is 3.05. The van der Waals surface area contributed by atoms with Crippen LogP contribution in [-0.2, 0) is 15.4 Å².